The molecular weight excluding hydrogens is 232 g/mol. The number of unbranched alkanes of at least 4 members (excludes halogenated alkanes) is 1. The molecule has 4 heteroatoms. The van der Waals surface area contributed by atoms with Crippen molar-refractivity contribution in [2.24, 2.45) is 11.3 Å². The van der Waals surface area contributed by atoms with Gasteiger partial charge in [-0.25, -0.2) is 0 Å². The Kier molecular flexibility index (Phi) is 7.64. The molecule has 0 aliphatic heterocycles. The molecule has 4 nitrogen and oxygen atoms in total. The lowest BCUT2D eigenvalue weighted by atomic mass is 9.81. The van der Waals surface area contributed by atoms with Gasteiger partial charge < -0.3 is 9.47 Å². The van der Waals surface area contributed by atoms with Crippen LogP contribution >= 0.6 is 0 Å². The minimum atomic E-state index is -0.654. The zero-order valence-electron chi connectivity index (χ0n) is 12.2. The molecule has 0 saturated heterocycles. The molecular formula is C14H26O4. The Bertz CT molecular complexity index is 271. The summed E-state index contributed by atoms with van der Waals surface area (Å²) < 4.78 is 9.95. The third kappa shape index (κ3) is 5.52. The number of carbonyl (C=O) groups excluding carboxylic acids is 2. The van der Waals surface area contributed by atoms with Crippen LogP contribution in [-0.2, 0) is 19.1 Å². The summed E-state index contributed by atoms with van der Waals surface area (Å²) in [5.74, 6) is -0.735. The normalized spacial score (nSPS) is 12.9. The van der Waals surface area contributed by atoms with Gasteiger partial charge in [0.2, 0.25) is 0 Å². The first-order valence-electron chi connectivity index (χ1n) is 6.64. The zero-order chi connectivity index (χ0) is 14.2. The molecule has 0 saturated carbocycles. The molecule has 0 aliphatic rings. The molecule has 0 radical (unpaired) electrons. The average molecular weight is 258 g/mol. The van der Waals surface area contributed by atoms with Crippen molar-refractivity contribution in [3.63, 3.8) is 0 Å². The van der Waals surface area contributed by atoms with Crippen LogP contribution in [0.3, 0.4) is 0 Å². The molecule has 0 aromatic heterocycles. The van der Waals surface area contributed by atoms with E-state index in [1.54, 1.807) is 13.8 Å². The number of methoxy groups -OCH3 is 1. The molecule has 0 N–H and O–H groups in total. The molecule has 0 heterocycles. The summed E-state index contributed by atoms with van der Waals surface area (Å²) >= 11 is 0. The molecule has 0 rings (SSSR count). The summed E-state index contributed by atoms with van der Waals surface area (Å²) in [6, 6.07) is 0. The topological polar surface area (TPSA) is 52.6 Å². The van der Waals surface area contributed by atoms with Crippen LogP contribution in [0.5, 0.6) is 0 Å². The molecule has 0 aromatic rings. The number of hydrogen-bond acceptors (Lipinski definition) is 4. The zero-order valence-corrected chi connectivity index (χ0v) is 12.2. The average Bonchev–Trinajstić information content (AvgIpc) is 2.34. The summed E-state index contributed by atoms with van der Waals surface area (Å²) in [7, 11) is 1.37. The van der Waals surface area contributed by atoms with E-state index in [4.69, 9.17) is 9.47 Å². The summed E-state index contributed by atoms with van der Waals surface area (Å²) in [6.45, 7) is 8.02. The van der Waals surface area contributed by atoms with E-state index in [0.717, 1.165) is 12.8 Å². The lowest BCUT2D eigenvalue weighted by Crippen LogP contribution is -2.31. The predicted octanol–water partition coefficient (Wildman–Crippen LogP) is 2.95. The highest BCUT2D eigenvalue weighted by Gasteiger charge is 2.34. The maximum Gasteiger partial charge on any atom is 0.311 e. The molecule has 0 aliphatic carbocycles. The Morgan fingerprint density at radius 2 is 1.83 bits per heavy atom. The maximum absolute atomic E-state index is 11.9. The smallest absolute Gasteiger partial charge is 0.311 e. The van der Waals surface area contributed by atoms with Gasteiger partial charge in [-0.15, -0.1) is 0 Å². The fourth-order valence-corrected chi connectivity index (χ4v) is 1.80. The van der Waals surface area contributed by atoms with Crippen LogP contribution in [0.15, 0.2) is 0 Å². The van der Waals surface area contributed by atoms with E-state index in [1.807, 2.05) is 13.8 Å². The second-order valence-corrected chi connectivity index (χ2v) is 5.21. The number of carbonyl (C=O) groups is 2. The number of hydrogen-bond donors (Lipinski definition) is 0. The minimum Gasteiger partial charge on any atom is -0.469 e. The van der Waals surface area contributed by atoms with E-state index < -0.39 is 5.41 Å². The Morgan fingerprint density at radius 1 is 1.22 bits per heavy atom. The third-order valence-electron chi connectivity index (χ3n) is 3.06. The van der Waals surface area contributed by atoms with Crippen molar-refractivity contribution in [3.8, 4) is 0 Å². The SMILES string of the molecule is CCCCOC(=O)C(CC)CC(C)(C)C(=O)OC. The number of ether oxygens (including phenoxy) is 2. The molecule has 0 amide bonds. The predicted molar refractivity (Wildman–Crippen MR) is 70.1 cm³/mol. The summed E-state index contributed by atoms with van der Waals surface area (Å²) in [6.07, 6.45) is 3.01. The van der Waals surface area contributed by atoms with Gasteiger partial charge in [0.15, 0.2) is 0 Å². The fraction of sp³-hybridized carbons (Fsp3) is 0.857. The quantitative estimate of drug-likeness (QED) is 0.496. The van der Waals surface area contributed by atoms with Gasteiger partial charge in [-0.1, -0.05) is 20.3 Å². The van der Waals surface area contributed by atoms with Gasteiger partial charge in [0, 0.05) is 0 Å². The Hall–Kier alpha value is -1.06. The van der Waals surface area contributed by atoms with Crippen molar-refractivity contribution in [2.45, 2.75) is 53.4 Å². The van der Waals surface area contributed by atoms with Gasteiger partial charge in [-0.2, -0.15) is 0 Å². The summed E-state index contributed by atoms with van der Waals surface area (Å²) in [5.41, 5.74) is -0.654. The monoisotopic (exact) mass is 258 g/mol. The second kappa shape index (κ2) is 8.11. The van der Waals surface area contributed by atoms with Crippen LogP contribution in [0.1, 0.15) is 53.4 Å². The molecule has 0 spiro atoms. The molecule has 1 unspecified atom stereocenters. The van der Waals surface area contributed by atoms with Crippen molar-refractivity contribution in [1.82, 2.24) is 0 Å². The number of esters is 2. The Morgan fingerprint density at radius 3 is 2.28 bits per heavy atom. The largest absolute Gasteiger partial charge is 0.469 e. The van der Waals surface area contributed by atoms with Gasteiger partial charge in [-0.3, -0.25) is 9.59 Å². The summed E-state index contributed by atoms with van der Waals surface area (Å²) in [5, 5.41) is 0. The lowest BCUT2D eigenvalue weighted by molar-refractivity contribution is -0.155. The van der Waals surface area contributed by atoms with Crippen molar-refractivity contribution in [3.05, 3.63) is 0 Å². The standard InChI is InChI=1S/C14H26O4/c1-6-8-9-18-12(15)11(7-2)10-14(3,4)13(16)17-5/h11H,6-10H2,1-5H3. The summed E-state index contributed by atoms with van der Waals surface area (Å²) in [4.78, 5) is 23.5. The third-order valence-corrected chi connectivity index (χ3v) is 3.06. The highest BCUT2D eigenvalue weighted by atomic mass is 16.5. The fourth-order valence-electron chi connectivity index (χ4n) is 1.80. The highest BCUT2D eigenvalue weighted by Crippen LogP contribution is 2.29. The first kappa shape index (κ1) is 16.9. The molecule has 106 valence electrons. The van der Waals surface area contributed by atoms with Gasteiger partial charge in [0.05, 0.1) is 25.0 Å². The van der Waals surface area contributed by atoms with Crippen LogP contribution in [0.25, 0.3) is 0 Å². The molecule has 0 fully saturated rings. The van der Waals surface area contributed by atoms with Crippen LogP contribution in [-0.4, -0.2) is 25.7 Å². The highest BCUT2D eigenvalue weighted by molar-refractivity contribution is 5.78. The molecule has 18 heavy (non-hydrogen) atoms. The maximum atomic E-state index is 11.9. The van der Waals surface area contributed by atoms with Crippen molar-refractivity contribution in [1.29, 1.82) is 0 Å². The lowest BCUT2D eigenvalue weighted by Gasteiger charge is -2.25. The van der Waals surface area contributed by atoms with Gasteiger partial charge in [0.1, 0.15) is 0 Å². The van der Waals surface area contributed by atoms with Crippen molar-refractivity contribution in [2.75, 3.05) is 13.7 Å². The first-order valence-corrected chi connectivity index (χ1v) is 6.64. The van der Waals surface area contributed by atoms with Gasteiger partial charge in [0.25, 0.3) is 0 Å². The number of rotatable bonds is 8. The van der Waals surface area contributed by atoms with Crippen LogP contribution in [0.2, 0.25) is 0 Å². The van der Waals surface area contributed by atoms with Gasteiger partial charge >= 0.3 is 11.9 Å². The van der Waals surface area contributed by atoms with Gasteiger partial charge in [-0.05, 0) is 33.1 Å². The van der Waals surface area contributed by atoms with Crippen LogP contribution in [0, 0.1) is 11.3 Å². The van der Waals surface area contributed by atoms with E-state index >= 15 is 0 Å². The van der Waals surface area contributed by atoms with Crippen molar-refractivity contribution < 1.29 is 19.1 Å². The molecule has 0 bridgehead atoms. The Balaban J connectivity index is 4.41. The Labute approximate surface area is 110 Å². The van der Waals surface area contributed by atoms with E-state index in [-0.39, 0.29) is 17.9 Å². The molecule has 1 atom stereocenters. The van der Waals surface area contributed by atoms with E-state index in [0.29, 0.717) is 19.4 Å². The van der Waals surface area contributed by atoms with E-state index in [1.165, 1.54) is 7.11 Å². The van der Waals surface area contributed by atoms with E-state index in [2.05, 4.69) is 0 Å². The van der Waals surface area contributed by atoms with Crippen LogP contribution in [0.4, 0.5) is 0 Å². The molecule has 0 aromatic carbocycles. The second-order valence-electron chi connectivity index (χ2n) is 5.21. The van der Waals surface area contributed by atoms with Crippen LogP contribution < -0.4 is 0 Å². The minimum absolute atomic E-state index is 0.206. The van der Waals surface area contributed by atoms with Crippen molar-refractivity contribution >= 4 is 11.9 Å². The first-order chi connectivity index (χ1) is 8.38. The van der Waals surface area contributed by atoms with E-state index in [9.17, 15) is 9.59 Å².